The highest BCUT2D eigenvalue weighted by Crippen LogP contribution is 2.59. The molecule has 1 saturated heterocycles. The van der Waals surface area contributed by atoms with Crippen LogP contribution in [0.15, 0.2) is 48.5 Å². The molecule has 2 aliphatic rings. The number of carbonyl (C=O) groups is 1. The van der Waals surface area contributed by atoms with Crippen molar-refractivity contribution in [1.29, 1.82) is 0 Å². The van der Waals surface area contributed by atoms with E-state index in [-0.39, 0.29) is 34.9 Å². The number of fused-ring (bicyclic) bond motifs is 1. The van der Waals surface area contributed by atoms with Crippen LogP contribution >= 0.6 is 11.6 Å². The van der Waals surface area contributed by atoms with Gasteiger partial charge in [0.25, 0.3) is 0 Å². The van der Waals surface area contributed by atoms with Crippen LogP contribution in [0.1, 0.15) is 56.1 Å². The van der Waals surface area contributed by atoms with Crippen molar-refractivity contribution in [3.05, 3.63) is 64.7 Å². The van der Waals surface area contributed by atoms with Crippen LogP contribution in [0.5, 0.6) is 5.75 Å². The quantitative estimate of drug-likeness (QED) is 0.761. The third kappa shape index (κ3) is 2.93. The Morgan fingerprint density at radius 3 is 2.37 bits per heavy atom. The first-order valence-corrected chi connectivity index (χ1v) is 10.2. The third-order valence-corrected chi connectivity index (χ3v) is 7.17. The summed E-state index contributed by atoms with van der Waals surface area (Å²) < 4.78 is 0. The predicted octanol–water partition coefficient (Wildman–Crippen LogP) is 5.24. The lowest BCUT2D eigenvalue weighted by molar-refractivity contribution is -0.131. The van der Waals surface area contributed by atoms with Crippen LogP contribution in [0.3, 0.4) is 0 Å². The summed E-state index contributed by atoms with van der Waals surface area (Å²) in [5.41, 5.74) is 2.17. The fourth-order valence-electron chi connectivity index (χ4n) is 5.64. The molecular weight excluding hydrogens is 358 g/mol. The van der Waals surface area contributed by atoms with E-state index in [9.17, 15) is 9.90 Å². The molecular formula is C23H26ClNO2. The number of phenolic OH excluding ortho intramolecular Hbond substituents is 1. The molecule has 1 aliphatic carbocycles. The lowest BCUT2D eigenvalue weighted by atomic mass is 9.54. The highest BCUT2D eigenvalue weighted by atomic mass is 35.5. The molecule has 0 bridgehead atoms. The lowest BCUT2D eigenvalue weighted by Crippen LogP contribution is -2.43. The normalized spacial score (nSPS) is 32.8. The first-order chi connectivity index (χ1) is 13.0. The number of aromatic hydroxyl groups is 1. The standard InChI is InChI=1S/C23H26ClNO2/c1-3-23-13-12-19(15-6-10-18(26)11-7-15)20(16-4-8-17(24)9-5-16)21(23)14(2)25-22(23)27/h4-11,14,19-21,26H,3,12-13H2,1-2H3,(H,25,27)/t14-,19+,20+,21+,23-/m1/s1. The second kappa shape index (κ2) is 6.87. The number of phenols is 1. The van der Waals surface area contributed by atoms with Gasteiger partial charge >= 0.3 is 0 Å². The molecule has 0 aromatic heterocycles. The highest BCUT2D eigenvalue weighted by Gasteiger charge is 2.59. The van der Waals surface area contributed by atoms with E-state index in [1.54, 1.807) is 12.1 Å². The van der Waals surface area contributed by atoms with E-state index in [4.69, 9.17) is 11.6 Å². The molecule has 1 saturated carbocycles. The van der Waals surface area contributed by atoms with Crippen molar-refractivity contribution in [3.8, 4) is 5.75 Å². The van der Waals surface area contributed by atoms with E-state index in [0.29, 0.717) is 5.92 Å². The molecule has 142 valence electrons. The summed E-state index contributed by atoms with van der Waals surface area (Å²) in [7, 11) is 0. The summed E-state index contributed by atoms with van der Waals surface area (Å²) in [5.74, 6) is 1.28. The number of hydrogen-bond acceptors (Lipinski definition) is 2. The van der Waals surface area contributed by atoms with Crippen molar-refractivity contribution in [2.45, 2.75) is 51.0 Å². The number of amides is 1. The van der Waals surface area contributed by atoms with E-state index in [0.717, 1.165) is 24.3 Å². The molecule has 0 spiro atoms. The molecule has 2 aromatic carbocycles. The zero-order valence-corrected chi connectivity index (χ0v) is 16.5. The second-order valence-corrected chi connectivity index (χ2v) is 8.55. The molecule has 4 rings (SSSR count). The Morgan fingerprint density at radius 1 is 1.11 bits per heavy atom. The Balaban J connectivity index is 1.84. The summed E-state index contributed by atoms with van der Waals surface area (Å²) in [6.45, 7) is 4.28. The molecule has 1 amide bonds. The van der Waals surface area contributed by atoms with Gasteiger partial charge in [0.05, 0.1) is 5.41 Å². The predicted molar refractivity (Wildman–Crippen MR) is 108 cm³/mol. The van der Waals surface area contributed by atoms with Gasteiger partial charge in [-0.25, -0.2) is 0 Å². The minimum Gasteiger partial charge on any atom is -0.508 e. The average Bonchev–Trinajstić information content (AvgIpc) is 2.93. The lowest BCUT2D eigenvalue weighted by Gasteiger charge is -2.47. The molecule has 1 aliphatic heterocycles. The molecule has 2 fully saturated rings. The van der Waals surface area contributed by atoms with Crippen molar-refractivity contribution >= 4 is 17.5 Å². The van der Waals surface area contributed by atoms with Crippen molar-refractivity contribution in [1.82, 2.24) is 5.32 Å². The van der Waals surface area contributed by atoms with Crippen LogP contribution in [-0.2, 0) is 4.79 Å². The zero-order valence-electron chi connectivity index (χ0n) is 15.8. The van der Waals surface area contributed by atoms with Gasteiger partial charge < -0.3 is 10.4 Å². The molecule has 5 atom stereocenters. The minimum absolute atomic E-state index is 0.137. The Bertz CT molecular complexity index is 832. The van der Waals surface area contributed by atoms with Gasteiger partial charge in [-0.1, -0.05) is 42.8 Å². The second-order valence-electron chi connectivity index (χ2n) is 8.11. The summed E-state index contributed by atoms with van der Waals surface area (Å²) in [5, 5.41) is 13.7. The third-order valence-electron chi connectivity index (χ3n) is 6.92. The zero-order chi connectivity index (χ0) is 19.2. The van der Waals surface area contributed by atoms with Gasteiger partial charge in [0.2, 0.25) is 5.91 Å². The van der Waals surface area contributed by atoms with Crippen LogP contribution in [-0.4, -0.2) is 17.1 Å². The maximum absolute atomic E-state index is 12.9. The number of hydrogen-bond donors (Lipinski definition) is 2. The topological polar surface area (TPSA) is 49.3 Å². The fraction of sp³-hybridized carbons (Fsp3) is 0.435. The Hall–Kier alpha value is -2.00. The molecule has 1 heterocycles. The van der Waals surface area contributed by atoms with Crippen LogP contribution in [0.4, 0.5) is 0 Å². The first-order valence-electron chi connectivity index (χ1n) is 9.81. The SMILES string of the molecule is CC[C@@]12CC[C@@H](c3ccc(O)cc3)[C@H](c3ccc(Cl)cc3)[C@@H]1[C@@H](C)NC2=O. The number of benzene rings is 2. The van der Waals surface area contributed by atoms with E-state index < -0.39 is 0 Å². The summed E-state index contributed by atoms with van der Waals surface area (Å²) in [6, 6.07) is 15.8. The minimum atomic E-state index is -0.295. The molecule has 0 unspecified atom stereocenters. The van der Waals surface area contributed by atoms with Gasteiger partial charge in [-0.2, -0.15) is 0 Å². The van der Waals surface area contributed by atoms with Gasteiger partial charge in [-0.15, -0.1) is 0 Å². The van der Waals surface area contributed by atoms with E-state index in [1.807, 2.05) is 24.3 Å². The Morgan fingerprint density at radius 2 is 1.74 bits per heavy atom. The molecule has 27 heavy (non-hydrogen) atoms. The molecule has 3 nitrogen and oxygen atoms in total. The highest BCUT2D eigenvalue weighted by molar-refractivity contribution is 6.30. The maximum atomic E-state index is 12.9. The molecule has 2 aromatic rings. The van der Waals surface area contributed by atoms with Crippen LogP contribution in [0.25, 0.3) is 0 Å². The Kier molecular flexibility index (Phi) is 4.67. The van der Waals surface area contributed by atoms with Crippen LogP contribution < -0.4 is 5.32 Å². The molecule has 0 radical (unpaired) electrons. The summed E-state index contributed by atoms with van der Waals surface area (Å²) >= 11 is 6.14. The molecule has 2 N–H and O–H groups in total. The van der Waals surface area contributed by atoms with Crippen LogP contribution in [0.2, 0.25) is 5.02 Å². The van der Waals surface area contributed by atoms with Gasteiger partial charge in [-0.3, -0.25) is 4.79 Å². The first kappa shape index (κ1) is 18.4. The average molecular weight is 384 g/mol. The van der Waals surface area contributed by atoms with Crippen molar-refractivity contribution in [3.63, 3.8) is 0 Å². The number of halogens is 1. The van der Waals surface area contributed by atoms with Gasteiger partial charge in [0.1, 0.15) is 5.75 Å². The van der Waals surface area contributed by atoms with Crippen molar-refractivity contribution in [2.75, 3.05) is 0 Å². The fourth-order valence-corrected chi connectivity index (χ4v) is 5.77. The largest absolute Gasteiger partial charge is 0.508 e. The van der Waals surface area contributed by atoms with E-state index in [1.165, 1.54) is 11.1 Å². The number of nitrogens with one attached hydrogen (secondary N) is 1. The van der Waals surface area contributed by atoms with E-state index in [2.05, 4.69) is 31.3 Å². The number of rotatable bonds is 3. The van der Waals surface area contributed by atoms with Gasteiger partial charge in [0, 0.05) is 17.0 Å². The maximum Gasteiger partial charge on any atom is 0.226 e. The van der Waals surface area contributed by atoms with E-state index >= 15 is 0 Å². The Labute approximate surface area is 165 Å². The van der Waals surface area contributed by atoms with Crippen molar-refractivity contribution in [2.24, 2.45) is 11.3 Å². The van der Waals surface area contributed by atoms with Crippen LogP contribution in [0, 0.1) is 11.3 Å². The summed E-state index contributed by atoms with van der Waals surface area (Å²) in [6.07, 6.45) is 2.72. The van der Waals surface area contributed by atoms with Gasteiger partial charge in [0.15, 0.2) is 0 Å². The monoisotopic (exact) mass is 383 g/mol. The molecule has 4 heteroatoms. The smallest absolute Gasteiger partial charge is 0.226 e. The van der Waals surface area contributed by atoms with Crippen molar-refractivity contribution < 1.29 is 9.90 Å². The number of carbonyl (C=O) groups excluding carboxylic acids is 1. The summed E-state index contributed by atoms with van der Waals surface area (Å²) in [4.78, 5) is 12.9. The van der Waals surface area contributed by atoms with Gasteiger partial charge in [-0.05, 0) is 73.4 Å².